The van der Waals surface area contributed by atoms with Crippen LogP contribution in [0.1, 0.15) is 53.5 Å². The summed E-state index contributed by atoms with van der Waals surface area (Å²) in [5, 5.41) is 0. The molecule has 0 aliphatic carbocycles. The summed E-state index contributed by atoms with van der Waals surface area (Å²) in [5.74, 6) is 1.76. The number of thiophene rings is 1. The Hall–Kier alpha value is -1.40. The smallest absolute Gasteiger partial charge is 0.118 e. The highest BCUT2D eigenvalue weighted by atomic mass is 32.1. The number of hydrogen-bond acceptors (Lipinski definition) is 5. The van der Waals surface area contributed by atoms with Gasteiger partial charge in [-0.1, -0.05) is 12.1 Å². The lowest BCUT2D eigenvalue weighted by molar-refractivity contribution is 0.0172. The topological polar surface area (TPSA) is 24.9 Å². The number of ether oxygens (including phenoxy) is 2. The van der Waals surface area contributed by atoms with Crippen LogP contribution >= 0.6 is 11.3 Å². The number of rotatable bonds is 9. The van der Waals surface area contributed by atoms with Gasteiger partial charge in [0.2, 0.25) is 0 Å². The van der Waals surface area contributed by atoms with Gasteiger partial charge in [0.25, 0.3) is 0 Å². The largest absolute Gasteiger partial charge is 0.497 e. The molecule has 2 aliphatic heterocycles. The van der Waals surface area contributed by atoms with Gasteiger partial charge in [0.05, 0.1) is 13.2 Å². The van der Waals surface area contributed by atoms with E-state index in [-0.39, 0.29) is 0 Å². The van der Waals surface area contributed by atoms with Crippen molar-refractivity contribution in [3.05, 3.63) is 51.7 Å². The predicted octanol–water partition coefficient (Wildman–Crippen LogP) is 5.38. The number of nitrogens with zero attached hydrogens (tertiary/aromatic N) is 2. The van der Waals surface area contributed by atoms with Crippen molar-refractivity contribution < 1.29 is 9.47 Å². The molecule has 5 heteroatoms. The fourth-order valence-corrected chi connectivity index (χ4v) is 6.04. The van der Waals surface area contributed by atoms with E-state index in [1.54, 1.807) is 7.11 Å². The number of methoxy groups -OCH3 is 1. The van der Waals surface area contributed by atoms with Gasteiger partial charge in [0.15, 0.2) is 0 Å². The lowest BCUT2D eigenvalue weighted by Gasteiger charge is -2.33. The second-order valence-electron chi connectivity index (χ2n) is 9.24. The first kappa shape index (κ1) is 22.8. The van der Waals surface area contributed by atoms with Gasteiger partial charge in [-0.25, -0.2) is 0 Å². The van der Waals surface area contributed by atoms with Crippen LogP contribution in [0.2, 0.25) is 0 Å². The molecule has 4 nitrogen and oxygen atoms in total. The Morgan fingerprint density at radius 1 is 1.06 bits per heavy atom. The van der Waals surface area contributed by atoms with E-state index >= 15 is 0 Å². The molecule has 0 saturated carbocycles. The van der Waals surface area contributed by atoms with Crippen molar-refractivity contribution in [1.82, 2.24) is 9.80 Å². The molecule has 1 unspecified atom stereocenters. The normalized spacial score (nSPS) is 20.9. The molecule has 1 aromatic carbocycles. The van der Waals surface area contributed by atoms with Gasteiger partial charge in [-0.15, -0.1) is 11.3 Å². The Kier molecular flexibility index (Phi) is 8.42. The van der Waals surface area contributed by atoms with Gasteiger partial charge >= 0.3 is 0 Å². The number of benzene rings is 1. The van der Waals surface area contributed by atoms with Crippen LogP contribution in [0.15, 0.2) is 36.4 Å². The van der Waals surface area contributed by atoms with Crippen molar-refractivity contribution in [3.63, 3.8) is 0 Å². The maximum absolute atomic E-state index is 5.96. The summed E-state index contributed by atoms with van der Waals surface area (Å²) in [5.41, 5.74) is 1.40. The van der Waals surface area contributed by atoms with Crippen LogP contribution in [0.5, 0.6) is 5.75 Å². The molecule has 1 aromatic heterocycles. The Morgan fingerprint density at radius 2 is 1.87 bits per heavy atom. The minimum atomic E-state index is 0.347. The zero-order valence-electron chi connectivity index (χ0n) is 19.2. The van der Waals surface area contributed by atoms with Crippen LogP contribution in [-0.4, -0.2) is 56.7 Å². The van der Waals surface area contributed by atoms with Gasteiger partial charge in [0, 0.05) is 36.0 Å². The van der Waals surface area contributed by atoms with E-state index in [4.69, 9.17) is 9.47 Å². The molecule has 0 N–H and O–H groups in total. The molecule has 0 spiro atoms. The number of likely N-dealkylation sites (tertiary alicyclic amines) is 1. The highest BCUT2D eigenvalue weighted by molar-refractivity contribution is 7.12. The van der Waals surface area contributed by atoms with Gasteiger partial charge in [0.1, 0.15) is 5.75 Å². The molecule has 4 rings (SSSR count). The summed E-state index contributed by atoms with van der Waals surface area (Å²) in [6, 6.07) is 13.1. The average Bonchev–Trinajstić information content (AvgIpc) is 3.28. The quantitative estimate of drug-likeness (QED) is 0.520. The molecule has 0 amide bonds. The molecule has 0 bridgehead atoms. The predicted molar refractivity (Wildman–Crippen MR) is 129 cm³/mol. The zero-order chi connectivity index (χ0) is 21.5. The van der Waals surface area contributed by atoms with Crippen LogP contribution in [0.4, 0.5) is 0 Å². The zero-order valence-corrected chi connectivity index (χ0v) is 20.0. The highest BCUT2D eigenvalue weighted by Gasteiger charge is 2.21. The Bertz CT molecular complexity index is 777. The molecule has 2 saturated heterocycles. The molecule has 31 heavy (non-hydrogen) atoms. The summed E-state index contributed by atoms with van der Waals surface area (Å²) >= 11 is 1.95. The van der Waals surface area contributed by atoms with Crippen LogP contribution in [-0.2, 0) is 17.7 Å². The highest BCUT2D eigenvalue weighted by Crippen LogP contribution is 2.33. The third kappa shape index (κ3) is 6.79. The second-order valence-corrected chi connectivity index (χ2v) is 10.4. The Labute approximate surface area is 192 Å². The van der Waals surface area contributed by atoms with Crippen LogP contribution < -0.4 is 4.74 Å². The van der Waals surface area contributed by atoms with E-state index in [1.165, 1.54) is 67.1 Å². The van der Waals surface area contributed by atoms with E-state index in [2.05, 4.69) is 53.2 Å². The van der Waals surface area contributed by atoms with E-state index in [0.29, 0.717) is 6.10 Å². The first-order chi connectivity index (χ1) is 15.2. The first-order valence-corrected chi connectivity index (χ1v) is 12.8. The average molecular weight is 443 g/mol. The van der Waals surface area contributed by atoms with Crippen LogP contribution in [0, 0.1) is 5.92 Å². The summed E-state index contributed by atoms with van der Waals surface area (Å²) in [6.45, 7) is 6.83. The Balaban J connectivity index is 1.15. The standard InChI is InChI=1S/C26H38N2O2S/c1-27(20-24-10-11-26(31-24)25-5-3-4-18-30-25)19-22-13-16-28(17-14-22)15-12-21-6-8-23(29-2)9-7-21/h6-11,22,25H,3-5,12-20H2,1-2H3. The van der Waals surface area contributed by atoms with Crippen molar-refractivity contribution >= 4 is 11.3 Å². The molecule has 2 fully saturated rings. The fourth-order valence-electron chi connectivity index (χ4n) is 4.86. The molecule has 2 aliphatic rings. The van der Waals surface area contributed by atoms with Crippen molar-refractivity contribution in [2.45, 2.75) is 51.2 Å². The van der Waals surface area contributed by atoms with E-state index in [1.807, 2.05) is 11.3 Å². The third-order valence-electron chi connectivity index (χ3n) is 6.76. The van der Waals surface area contributed by atoms with Crippen molar-refractivity contribution in [2.75, 3.05) is 46.9 Å². The van der Waals surface area contributed by atoms with Gasteiger partial charge in [-0.05, 0) is 94.4 Å². The fraction of sp³-hybridized carbons (Fsp3) is 0.615. The maximum Gasteiger partial charge on any atom is 0.118 e. The van der Waals surface area contributed by atoms with Crippen molar-refractivity contribution in [3.8, 4) is 5.75 Å². The van der Waals surface area contributed by atoms with Crippen molar-refractivity contribution in [2.24, 2.45) is 5.92 Å². The minimum absolute atomic E-state index is 0.347. The van der Waals surface area contributed by atoms with E-state index < -0.39 is 0 Å². The summed E-state index contributed by atoms with van der Waals surface area (Å²) in [7, 11) is 4.01. The molecule has 170 valence electrons. The molecule has 0 radical (unpaired) electrons. The van der Waals surface area contributed by atoms with Crippen molar-refractivity contribution in [1.29, 1.82) is 0 Å². The maximum atomic E-state index is 5.96. The van der Waals surface area contributed by atoms with E-state index in [0.717, 1.165) is 37.8 Å². The molecule has 2 aromatic rings. The number of piperidine rings is 1. The van der Waals surface area contributed by atoms with Gasteiger partial charge in [-0.3, -0.25) is 0 Å². The minimum Gasteiger partial charge on any atom is -0.497 e. The lowest BCUT2D eigenvalue weighted by atomic mass is 9.96. The van der Waals surface area contributed by atoms with Gasteiger partial charge in [-0.2, -0.15) is 0 Å². The monoisotopic (exact) mass is 442 g/mol. The molecule has 3 heterocycles. The lowest BCUT2D eigenvalue weighted by Crippen LogP contribution is -2.38. The second kappa shape index (κ2) is 11.5. The first-order valence-electron chi connectivity index (χ1n) is 11.9. The van der Waals surface area contributed by atoms with E-state index in [9.17, 15) is 0 Å². The van der Waals surface area contributed by atoms with Gasteiger partial charge < -0.3 is 19.3 Å². The number of hydrogen-bond donors (Lipinski definition) is 0. The molecular weight excluding hydrogens is 404 g/mol. The summed E-state index contributed by atoms with van der Waals surface area (Å²) < 4.78 is 11.2. The molecular formula is C26H38N2O2S. The summed E-state index contributed by atoms with van der Waals surface area (Å²) in [6.07, 6.45) is 7.82. The summed E-state index contributed by atoms with van der Waals surface area (Å²) in [4.78, 5) is 8.06. The van der Waals surface area contributed by atoms with Crippen LogP contribution in [0.3, 0.4) is 0 Å². The Morgan fingerprint density at radius 3 is 2.58 bits per heavy atom. The third-order valence-corrected chi connectivity index (χ3v) is 7.92. The van der Waals surface area contributed by atoms with Crippen LogP contribution in [0.25, 0.3) is 0 Å². The molecule has 1 atom stereocenters. The SMILES string of the molecule is COc1ccc(CCN2CCC(CN(C)Cc3ccc(C4CCCCO4)s3)CC2)cc1.